The Hall–Kier alpha value is -2.74. The summed E-state index contributed by atoms with van der Waals surface area (Å²) in [6.45, 7) is 3.30. The largest absolute Gasteiger partial charge is 0.469 e. The second-order valence-corrected chi connectivity index (χ2v) is 6.13. The van der Waals surface area contributed by atoms with Gasteiger partial charge in [-0.1, -0.05) is 12.1 Å². The van der Waals surface area contributed by atoms with Gasteiger partial charge in [0.25, 0.3) is 5.91 Å². The molecule has 7 nitrogen and oxygen atoms in total. The molecule has 0 saturated carbocycles. The summed E-state index contributed by atoms with van der Waals surface area (Å²) >= 11 is 1.17. The van der Waals surface area contributed by atoms with Gasteiger partial charge in [0.1, 0.15) is 0 Å². The average molecular weight is 362 g/mol. The number of ether oxygens (including phenoxy) is 2. The zero-order valence-corrected chi connectivity index (χ0v) is 14.9. The molecule has 1 aromatic heterocycles. The third-order valence-corrected chi connectivity index (χ3v) is 4.32. The molecule has 2 aromatic rings. The lowest BCUT2D eigenvalue weighted by Crippen LogP contribution is -2.21. The van der Waals surface area contributed by atoms with E-state index in [0.717, 1.165) is 11.1 Å². The molecule has 0 atom stereocenters. The molecule has 0 aliphatic carbocycles. The Morgan fingerprint density at radius 3 is 2.72 bits per heavy atom. The van der Waals surface area contributed by atoms with Gasteiger partial charge in [0.05, 0.1) is 24.8 Å². The van der Waals surface area contributed by atoms with Crippen LogP contribution in [0.3, 0.4) is 0 Å². The molecule has 25 heavy (non-hydrogen) atoms. The van der Waals surface area contributed by atoms with Gasteiger partial charge < -0.3 is 9.47 Å². The molecule has 0 spiro atoms. The first-order chi connectivity index (χ1) is 11.9. The third-order valence-electron chi connectivity index (χ3n) is 3.51. The second kappa shape index (κ2) is 8.39. The Bertz CT molecular complexity index is 800. The van der Waals surface area contributed by atoms with E-state index in [9.17, 15) is 14.4 Å². The molecule has 1 heterocycles. The SMILES string of the molecule is COC(=O)Cc1csc(NC(=O)COC(=O)c2cccc(C)c2C)n1. The van der Waals surface area contributed by atoms with E-state index in [1.807, 2.05) is 19.9 Å². The number of rotatable bonds is 6. The highest BCUT2D eigenvalue weighted by atomic mass is 32.1. The van der Waals surface area contributed by atoms with Gasteiger partial charge in [0.2, 0.25) is 0 Å². The molecular formula is C17H18N2O5S. The molecule has 8 heteroatoms. The van der Waals surface area contributed by atoms with E-state index >= 15 is 0 Å². The summed E-state index contributed by atoms with van der Waals surface area (Å²) < 4.78 is 9.59. The van der Waals surface area contributed by atoms with Gasteiger partial charge in [-0.3, -0.25) is 14.9 Å². The Morgan fingerprint density at radius 2 is 2.00 bits per heavy atom. The van der Waals surface area contributed by atoms with Crippen molar-refractivity contribution in [2.75, 3.05) is 19.0 Å². The van der Waals surface area contributed by atoms with Crippen LogP contribution >= 0.6 is 11.3 Å². The van der Waals surface area contributed by atoms with Gasteiger partial charge in [-0.25, -0.2) is 9.78 Å². The van der Waals surface area contributed by atoms with Crippen molar-refractivity contribution in [2.45, 2.75) is 20.3 Å². The maximum Gasteiger partial charge on any atom is 0.338 e. The summed E-state index contributed by atoms with van der Waals surface area (Å²) in [6.07, 6.45) is 0.0322. The Balaban J connectivity index is 1.87. The molecule has 2 rings (SSSR count). The van der Waals surface area contributed by atoms with Crippen molar-refractivity contribution in [2.24, 2.45) is 0 Å². The first-order valence-corrected chi connectivity index (χ1v) is 8.33. The summed E-state index contributed by atoms with van der Waals surface area (Å²) in [7, 11) is 1.29. The minimum absolute atomic E-state index is 0.0322. The van der Waals surface area contributed by atoms with E-state index in [2.05, 4.69) is 15.0 Å². The quantitative estimate of drug-likeness (QED) is 0.792. The van der Waals surface area contributed by atoms with Crippen molar-refractivity contribution in [3.63, 3.8) is 0 Å². The monoisotopic (exact) mass is 362 g/mol. The number of nitrogens with one attached hydrogen (secondary N) is 1. The summed E-state index contributed by atoms with van der Waals surface area (Å²) in [5.74, 6) is -1.47. The second-order valence-electron chi connectivity index (χ2n) is 5.27. The summed E-state index contributed by atoms with van der Waals surface area (Å²) in [4.78, 5) is 39.2. The number of nitrogens with zero attached hydrogens (tertiary/aromatic N) is 1. The van der Waals surface area contributed by atoms with Crippen LogP contribution in [0.5, 0.6) is 0 Å². The molecule has 1 amide bonds. The smallest absolute Gasteiger partial charge is 0.338 e. The zero-order valence-electron chi connectivity index (χ0n) is 14.1. The first kappa shape index (κ1) is 18.6. The predicted octanol–water partition coefficient (Wildman–Crippen LogP) is 2.27. The van der Waals surface area contributed by atoms with E-state index in [0.29, 0.717) is 16.4 Å². The van der Waals surface area contributed by atoms with Gasteiger partial charge in [-0.05, 0) is 31.0 Å². The normalized spacial score (nSPS) is 10.2. The van der Waals surface area contributed by atoms with Crippen molar-refractivity contribution in [1.29, 1.82) is 0 Å². The average Bonchev–Trinajstić information content (AvgIpc) is 3.01. The van der Waals surface area contributed by atoms with Gasteiger partial charge >= 0.3 is 11.9 Å². The van der Waals surface area contributed by atoms with Gasteiger partial charge in [-0.15, -0.1) is 11.3 Å². The number of hydrogen-bond donors (Lipinski definition) is 1. The van der Waals surface area contributed by atoms with Crippen molar-refractivity contribution < 1.29 is 23.9 Å². The van der Waals surface area contributed by atoms with Crippen molar-refractivity contribution in [3.8, 4) is 0 Å². The Morgan fingerprint density at radius 1 is 1.24 bits per heavy atom. The molecule has 132 valence electrons. The lowest BCUT2D eigenvalue weighted by molar-refractivity contribution is -0.139. The molecule has 0 aliphatic rings. The Labute approximate surface area is 149 Å². The number of esters is 2. The predicted molar refractivity (Wildman–Crippen MR) is 92.7 cm³/mol. The minimum atomic E-state index is -0.554. The number of aryl methyl sites for hydroxylation is 1. The van der Waals surface area contributed by atoms with E-state index in [1.165, 1.54) is 18.4 Å². The number of aromatic nitrogens is 1. The van der Waals surface area contributed by atoms with Gasteiger partial charge in [0, 0.05) is 5.38 Å². The van der Waals surface area contributed by atoms with E-state index in [4.69, 9.17) is 4.74 Å². The lowest BCUT2D eigenvalue weighted by atomic mass is 10.0. The van der Waals surface area contributed by atoms with E-state index in [-0.39, 0.29) is 6.42 Å². The van der Waals surface area contributed by atoms with Crippen molar-refractivity contribution in [1.82, 2.24) is 4.98 Å². The molecule has 0 fully saturated rings. The number of carbonyl (C=O) groups excluding carboxylic acids is 3. The van der Waals surface area contributed by atoms with Crippen LogP contribution in [0, 0.1) is 13.8 Å². The molecule has 0 radical (unpaired) electrons. The maximum absolute atomic E-state index is 12.1. The maximum atomic E-state index is 12.1. The zero-order chi connectivity index (χ0) is 18.4. The highest BCUT2D eigenvalue weighted by molar-refractivity contribution is 7.13. The standard InChI is InChI=1S/C17H18N2O5S/c1-10-5-4-6-13(11(10)2)16(22)24-8-14(20)19-17-18-12(9-25-17)7-15(21)23-3/h4-6,9H,7-8H2,1-3H3,(H,18,19,20). The van der Waals surface area contributed by atoms with E-state index < -0.39 is 24.5 Å². The number of benzene rings is 1. The number of thiazole rings is 1. The van der Waals surface area contributed by atoms with Crippen LogP contribution in [-0.4, -0.2) is 36.5 Å². The molecule has 0 bridgehead atoms. The lowest BCUT2D eigenvalue weighted by Gasteiger charge is -2.08. The molecule has 1 N–H and O–H groups in total. The van der Waals surface area contributed by atoms with Crippen LogP contribution < -0.4 is 5.32 Å². The minimum Gasteiger partial charge on any atom is -0.469 e. The number of carbonyl (C=O) groups is 3. The van der Waals surface area contributed by atoms with Crippen LogP contribution in [0.25, 0.3) is 0 Å². The fourth-order valence-corrected chi connectivity index (χ4v) is 2.73. The summed E-state index contributed by atoms with van der Waals surface area (Å²) in [5.41, 5.74) is 2.72. The summed E-state index contributed by atoms with van der Waals surface area (Å²) in [6, 6.07) is 5.31. The van der Waals surface area contributed by atoms with Crippen LogP contribution in [0.1, 0.15) is 27.2 Å². The highest BCUT2D eigenvalue weighted by Gasteiger charge is 2.15. The Kier molecular flexibility index (Phi) is 6.24. The number of amides is 1. The third kappa shape index (κ3) is 5.12. The van der Waals surface area contributed by atoms with Crippen LogP contribution in [0.2, 0.25) is 0 Å². The van der Waals surface area contributed by atoms with Gasteiger partial charge in [-0.2, -0.15) is 0 Å². The number of methoxy groups -OCH3 is 1. The molecule has 0 saturated heterocycles. The topological polar surface area (TPSA) is 94.6 Å². The molecular weight excluding hydrogens is 344 g/mol. The van der Waals surface area contributed by atoms with Crippen molar-refractivity contribution >= 4 is 34.3 Å². The van der Waals surface area contributed by atoms with Crippen molar-refractivity contribution in [3.05, 3.63) is 46.0 Å². The van der Waals surface area contributed by atoms with Crippen LogP contribution in [0.15, 0.2) is 23.6 Å². The fraction of sp³-hybridized carbons (Fsp3) is 0.294. The van der Waals surface area contributed by atoms with Crippen LogP contribution in [0.4, 0.5) is 5.13 Å². The summed E-state index contributed by atoms with van der Waals surface area (Å²) in [5, 5.41) is 4.50. The van der Waals surface area contributed by atoms with Crippen LogP contribution in [-0.2, 0) is 25.5 Å². The molecule has 1 aromatic carbocycles. The first-order valence-electron chi connectivity index (χ1n) is 7.45. The van der Waals surface area contributed by atoms with E-state index in [1.54, 1.807) is 17.5 Å². The highest BCUT2D eigenvalue weighted by Crippen LogP contribution is 2.16. The molecule has 0 unspecified atom stereocenters. The number of hydrogen-bond acceptors (Lipinski definition) is 7. The van der Waals surface area contributed by atoms with Gasteiger partial charge in [0.15, 0.2) is 11.7 Å². The molecule has 0 aliphatic heterocycles. The number of anilines is 1. The fourth-order valence-electron chi connectivity index (χ4n) is 2.00.